The molecule has 0 fully saturated rings. The van der Waals surface area contributed by atoms with E-state index in [1.165, 1.54) is 10.9 Å². The lowest BCUT2D eigenvalue weighted by atomic mass is 10.2. The number of benzene rings is 2. The maximum Gasteiger partial charge on any atom is 0.0970 e. The second kappa shape index (κ2) is 5.23. The predicted molar refractivity (Wildman–Crippen MR) is 77.7 cm³/mol. The highest BCUT2D eigenvalue weighted by Crippen LogP contribution is 2.23. The largest absolute Gasteiger partial charge is 0.241 e. The molecule has 88 valence electrons. The van der Waals surface area contributed by atoms with E-state index in [1.807, 2.05) is 18.2 Å². The molecular weight excluding hydrogens is 238 g/mol. The molecule has 18 heavy (non-hydrogen) atoms. The van der Waals surface area contributed by atoms with Crippen molar-refractivity contribution in [1.82, 2.24) is 4.98 Å². The Labute approximate surface area is 111 Å². The molecule has 0 amide bonds. The van der Waals surface area contributed by atoms with E-state index in [-0.39, 0.29) is 0 Å². The van der Waals surface area contributed by atoms with Crippen molar-refractivity contribution in [3.63, 3.8) is 0 Å². The highest BCUT2D eigenvalue weighted by molar-refractivity contribution is 7.98. The van der Waals surface area contributed by atoms with Gasteiger partial charge in [-0.2, -0.15) is 0 Å². The van der Waals surface area contributed by atoms with Crippen LogP contribution in [0.2, 0.25) is 0 Å². The van der Waals surface area contributed by atoms with Crippen LogP contribution in [-0.4, -0.2) is 4.98 Å². The topological polar surface area (TPSA) is 12.9 Å². The molecule has 0 radical (unpaired) electrons. The molecule has 0 saturated heterocycles. The van der Waals surface area contributed by atoms with E-state index in [0.717, 1.165) is 16.3 Å². The highest BCUT2D eigenvalue weighted by Gasteiger charge is 1.99. The number of thioether (sulfide) groups is 1. The average Bonchev–Trinajstić information content (AvgIpc) is 2.46. The zero-order valence-electron chi connectivity index (χ0n) is 9.91. The Morgan fingerprint density at radius 3 is 2.44 bits per heavy atom. The molecule has 3 aromatic rings. The van der Waals surface area contributed by atoms with Crippen LogP contribution in [0.15, 0.2) is 71.8 Å². The van der Waals surface area contributed by atoms with Gasteiger partial charge in [-0.3, -0.25) is 0 Å². The summed E-state index contributed by atoms with van der Waals surface area (Å²) in [5, 5.41) is 2.28. The van der Waals surface area contributed by atoms with Gasteiger partial charge >= 0.3 is 0 Å². The molecule has 1 heterocycles. The van der Waals surface area contributed by atoms with Gasteiger partial charge in [-0.15, -0.1) is 11.8 Å². The van der Waals surface area contributed by atoms with E-state index in [9.17, 15) is 0 Å². The quantitative estimate of drug-likeness (QED) is 0.634. The summed E-state index contributed by atoms with van der Waals surface area (Å²) in [6.07, 6.45) is 0. The van der Waals surface area contributed by atoms with Gasteiger partial charge in [0.2, 0.25) is 0 Å². The van der Waals surface area contributed by atoms with Crippen LogP contribution < -0.4 is 0 Å². The molecule has 1 aromatic heterocycles. The Balaban J connectivity index is 1.79. The third-order valence-electron chi connectivity index (χ3n) is 2.80. The van der Waals surface area contributed by atoms with Gasteiger partial charge in [0.15, 0.2) is 0 Å². The first kappa shape index (κ1) is 11.3. The van der Waals surface area contributed by atoms with E-state index in [1.54, 1.807) is 11.8 Å². The molecule has 0 aliphatic carbocycles. The second-order valence-corrected chi connectivity index (χ2v) is 5.11. The second-order valence-electron chi connectivity index (χ2n) is 4.12. The van der Waals surface area contributed by atoms with E-state index in [0.29, 0.717) is 0 Å². The number of rotatable bonds is 3. The van der Waals surface area contributed by atoms with Crippen molar-refractivity contribution in [3.8, 4) is 0 Å². The zero-order chi connectivity index (χ0) is 12.2. The van der Waals surface area contributed by atoms with Gasteiger partial charge < -0.3 is 0 Å². The van der Waals surface area contributed by atoms with Gasteiger partial charge in [0.05, 0.1) is 10.5 Å². The molecule has 0 N–H and O–H groups in total. The zero-order valence-corrected chi connectivity index (χ0v) is 10.7. The molecule has 0 aliphatic rings. The summed E-state index contributed by atoms with van der Waals surface area (Å²) < 4.78 is 0. The summed E-state index contributed by atoms with van der Waals surface area (Å²) in [6, 6.07) is 22.9. The van der Waals surface area contributed by atoms with Gasteiger partial charge in [0.25, 0.3) is 0 Å². The fraction of sp³-hybridized carbons (Fsp3) is 0.0625. The third kappa shape index (κ3) is 2.54. The van der Waals surface area contributed by atoms with Crippen LogP contribution in [0.1, 0.15) is 5.56 Å². The van der Waals surface area contributed by atoms with Crippen molar-refractivity contribution in [2.45, 2.75) is 10.8 Å². The summed E-state index contributed by atoms with van der Waals surface area (Å²) in [6.45, 7) is 0. The van der Waals surface area contributed by atoms with Crippen LogP contribution in [0.5, 0.6) is 0 Å². The summed E-state index contributed by atoms with van der Waals surface area (Å²) in [7, 11) is 0. The number of fused-ring (bicyclic) bond motifs is 1. The number of hydrogen-bond donors (Lipinski definition) is 0. The van der Waals surface area contributed by atoms with Crippen molar-refractivity contribution in [2.24, 2.45) is 0 Å². The lowest BCUT2D eigenvalue weighted by Crippen LogP contribution is -1.84. The normalized spacial score (nSPS) is 10.7. The van der Waals surface area contributed by atoms with Crippen LogP contribution in [0.4, 0.5) is 0 Å². The first-order valence-corrected chi connectivity index (χ1v) is 6.93. The molecule has 3 rings (SSSR count). The van der Waals surface area contributed by atoms with E-state index < -0.39 is 0 Å². The number of pyridine rings is 1. The van der Waals surface area contributed by atoms with E-state index >= 15 is 0 Å². The van der Waals surface area contributed by atoms with Crippen molar-refractivity contribution in [2.75, 3.05) is 0 Å². The number of aromatic nitrogens is 1. The van der Waals surface area contributed by atoms with E-state index in [2.05, 4.69) is 53.5 Å². The minimum absolute atomic E-state index is 0.964. The molecule has 0 saturated carbocycles. The molecule has 0 unspecified atom stereocenters. The maximum atomic E-state index is 4.65. The van der Waals surface area contributed by atoms with Crippen LogP contribution in [-0.2, 0) is 5.75 Å². The van der Waals surface area contributed by atoms with Crippen LogP contribution in [0.3, 0.4) is 0 Å². The Morgan fingerprint density at radius 1 is 0.778 bits per heavy atom. The molecule has 1 nitrogen and oxygen atoms in total. The summed E-state index contributed by atoms with van der Waals surface area (Å²) in [4.78, 5) is 4.65. The van der Waals surface area contributed by atoms with Gasteiger partial charge in [-0.25, -0.2) is 4.98 Å². The van der Waals surface area contributed by atoms with Gasteiger partial charge in [-0.1, -0.05) is 54.6 Å². The molecule has 0 bridgehead atoms. The monoisotopic (exact) mass is 251 g/mol. The minimum atomic E-state index is 0.964. The average molecular weight is 251 g/mol. The van der Waals surface area contributed by atoms with Crippen molar-refractivity contribution < 1.29 is 0 Å². The van der Waals surface area contributed by atoms with Gasteiger partial charge in [-0.05, 0) is 17.7 Å². The summed E-state index contributed by atoms with van der Waals surface area (Å²) >= 11 is 1.78. The van der Waals surface area contributed by atoms with Crippen molar-refractivity contribution in [3.05, 3.63) is 72.3 Å². The molecule has 0 aliphatic heterocycles. The summed E-state index contributed by atoms with van der Waals surface area (Å²) in [5.41, 5.74) is 2.40. The standard InChI is InChI=1S/C16H13NS/c1-2-6-13(7-3-1)12-18-16-11-10-14-8-4-5-9-15(14)17-16/h1-11H,12H2. The number of nitrogens with zero attached hydrogens (tertiary/aromatic N) is 1. The SMILES string of the molecule is c1ccc(CSc2ccc3ccccc3n2)cc1. The molecule has 2 aromatic carbocycles. The Hall–Kier alpha value is -1.80. The van der Waals surface area contributed by atoms with Crippen LogP contribution in [0, 0.1) is 0 Å². The third-order valence-corrected chi connectivity index (χ3v) is 3.80. The van der Waals surface area contributed by atoms with Crippen molar-refractivity contribution >= 4 is 22.7 Å². The lowest BCUT2D eigenvalue weighted by Gasteiger charge is -2.03. The Morgan fingerprint density at radius 2 is 1.56 bits per heavy atom. The van der Waals surface area contributed by atoms with Gasteiger partial charge in [0.1, 0.15) is 0 Å². The first-order valence-electron chi connectivity index (χ1n) is 5.94. The predicted octanol–water partition coefficient (Wildman–Crippen LogP) is 4.53. The highest BCUT2D eigenvalue weighted by atomic mass is 32.2. The minimum Gasteiger partial charge on any atom is -0.241 e. The fourth-order valence-corrected chi connectivity index (χ4v) is 2.69. The molecule has 0 atom stereocenters. The smallest absolute Gasteiger partial charge is 0.0970 e. The number of para-hydroxylation sites is 1. The Bertz CT molecular complexity index is 649. The molecule has 0 spiro atoms. The number of hydrogen-bond acceptors (Lipinski definition) is 2. The molecule has 2 heteroatoms. The summed E-state index contributed by atoms with van der Waals surface area (Å²) in [5.74, 6) is 0.964. The van der Waals surface area contributed by atoms with E-state index in [4.69, 9.17) is 0 Å². The Kier molecular flexibility index (Phi) is 3.29. The van der Waals surface area contributed by atoms with Gasteiger partial charge in [0, 0.05) is 11.1 Å². The molecular formula is C16H13NS. The maximum absolute atomic E-state index is 4.65. The van der Waals surface area contributed by atoms with Crippen LogP contribution >= 0.6 is 11.8 Å². The fourth-order valence-electron chi connectivity index (χ4n) is 1.86. The first-order chi connectivity index (χ1) is 8.92. The lowest BCUT2D eigenvalue weighted by molar-refractivity contribution is 1.18. The van der Waals surface area contributed by atoms with Crippen LogP contribution in [0.25, 0.3) is 10.9 Å². The van der Waals surface area contributed by atoms with Crippen molar-refractivity contribution in [1.29, 1.82) is 0 Å².